The Balaban J connectivity index is 1.39. The van der Waals surface area contributed by atoms with Crippen molar-refractivity contribution in [2.24, 2.45) is 0 Å². The van der Waals surface area contributed by atoms with E-state index in [1.165, 1.54) is 13.1 Å². The molecule has 9 heteroatoms. The van der Waals surface area contributed by atoms with Crippen LogP contribution >= 0.6 is 0 Å². The van der Waals surface area contributed by atoms with Gasteiger partial charge in [0, 0.05) is 29.4 Å². The molecule has 0 aliphatic rings. The molecule has 0 spiro atoms. The topological polar surface area (TPSA) is 121 Å². The number of rotatable bonds is 7. The highest BCUT2D eigenvalue weighted by molar-refractivity contribution is 6.06. The molecule has 2 amide bonds. The third-order valence-electron chi connectivity index (χ3n) is 6.00. The normalized spacial score (nSPS) is 10.5. The van der Waals surface area contributed by atoms with Crippen molar-refractivity contribution in [3.05, 3.63) is 108 Å². The molecule has 2 heterocycles. The Morgan fingerprint density at radius 2 is 1.56 bits per heavy atom. The second kappa shape index (κ2) is 10.8. The van der Waals surface area contributed by atoms with Crippen LogP contribution in [0.15, 0.2) is 91.3 Å². The van der Waals surface area contributed by atoms with Crippen LogP contribution < -0.4 is 20.7 Å². The van der Waals surface area contributed by atoms with Gasteiger partial charge in [-0.1, -0.05) is 18.2 Å². The lowest BCUT2D eigenvalue weighted by atomic mass is 10.1. The lowest BCUT2D eigenvalue weighted by Crippen LogP contribution is -2.12. The number of nitrogens with one attached hydrogen (secondary N) is 3. The molecule has 0 atom stereocenters. The van der Waals surface area contributed by atoms with Gasteiger partial charge in [-0.3, -0.25) is 9.59 Å². The van der Waals surface area contributed by atoms with Crippen molar-refractivity contribution >= 4 is 40.1 Å². The number of carbonyl (C=O) groups excluding carboxylic acids is 2. The van der Waals surface area contributed by atoms with Gasteiger partial charge in [-0.05, 0) is 67.6 Å². The van der Waals surface area contributed by atoms with Crippen LogP contribution in [0.2, 0.25) is 0 Å². The third kappa shape index (κ3) is 5.55. The number of ether oxygens (including phenoxy) is 1. The minimum Gasteiger partial charge on any atom is -0.457 e. The number of aromatic nitrogens is 2. The van der Waals surface area contributed by atoms with Gasteiger partial charge in [0.15, 0.2) is 0 Å². The number of anilines is 4. The summed E-state index contributed by atoms with van der Waals surface area (Å²) in [5.74, 6) is 0.921. The second-order valence-electron chi connectivity index (χ2n) is 8.78. The van der Waals surface area contributed by atoms with Gasteiger partial charge in [-0.25, -0.2) is 4.52 Å². The molecule has 0 unspecified atom stereocenters. The third-order valence-corrected chi connectivity index (χ3v) is 6.00. The van der Waals surface area contributed by atoms with Crippen LogP contribution in [-0.4, -0.2) is 21.4 Å². The molecule has 9 nitrogen and oxygen atoms in total. The van der Waals surface area contributed by atoms with Crippen LogP contribution in [0.4, 0.5) is 22.7 Å². The quantitative estimate of drug-likeness (QED) is 0.235. The number of nitriles is 1. The van der Waals surface area contributed by atoms with E-state index < -0.39 is 0 Å². The molecule has 0 aliphatic heterocycles. The number of carbonyl (C=O) groups is 2. The Kier molecular flexibility index (Phi) is 6.92. The Morgan fingerprint density at radius 3 is 2.23 bits per heavy atom. The van der Waals surface area contributed by atoms with Crippen molar-refractivity contribution in [2.45, 2.75) is 13.8 Å². The lowest BCUT2D eigenvalue weighted by Gasteiger charge is -2.12. The predicted octanol–water partition coefficient (Wildman–Crippen LogP) is 6.26. The molecule has 0 aliphatic carbocycles. The summed E-state index contributed by atoms with van der Waals surface area (Å²) >= 11 is 0. The number of fused-ring (bicyclic) bond motifs is 1. The summed E-state index contributed by atoms with van der Waals surface area (Å²) < 4.78 is 7.49. The summed E-state index contributed by atoms with van der Waals surface area (Å²) in [5.41, 5.74) is 4.69. The average molecular weight is 517 g/mol. The lowest BCUT2D eigenvalue weighted by molar-refractivity contribution is -0.114. The van der Waals surface area contributed by atoms with Gasteiger partial charge in [-0.2, -0.15) is 10.4 Å². The van der Waals surface area contributed by atoms with E-state index >= 15 is 0 Å². The zero-order valence-electron chi connectivity index (χ0n) is 21.2. The Hall–Kier alpha value is -5.62. The van der Waals surface area contributed by atoms with E-state index in [9.17, 15) is 14.9 Å². The molecule has 0 saturated heterocycles. The van der Waals surface area contributed by atoms with E-state index in [2.05, 4.69) is 27.1 Å². The van der Waals surface area contributed by atoms with E-state index in [1.54, 1.807) is 35.0 Å². The van der Waals surface area contributed by atoms with Crippen LogP contribution in [0.3, 0.4) is 0 Å². The molecule has 0 saturated carbocycles. The SMILES string of the molecule is CC(=O)Nc1ccc(C(=O)Nc2cn3ncc(C#N)c(Nc4ccc(Oc5ccccc5)cc4)c3c2C)cc1. The molecular weight excluding hydrogens is 492 g/mol. The molecule has 5 aromatic rings. The van der Waals surface area contributed by atoms with Crippen molar-refractivity contribution in [1.82, 2.24) is 9.61 Å². The van der Waals surface area contributed by atoms with Crippen molar-refractivity contribution in [1.29, 1.82) is 5.26 Å². The Bertz CT molecular complexity index is 1700. The molecule has 3 aromatic carbocycles. The largest absolute Gasteiger partial charge is 0.457 e. The van der Waals surface area contributed by atoms with Gasteiger partial charge in [0.1, 0.15) is 17.6 Å². The summed E-state index contributed by atoms with van der Waals surface area (Å²) in [6.07, 6.45) is 3.19. The van der Waals surface area contributed by atoms with Crippen molar-refractivity contribution in [2.75, 3.05) is 16.0 Å². The summed E-state index contributed by atoms with van der Waals surface area (Å²) in [6, 6.07) is 25.7. The number of amides is 2. The van der Waals surface area contributed by atoms with E-state index in [1.807, 2.05) is 61.5 Å². The zero-order chi connectivity index (χ0) is 27.4. The maximum atomic E-state index is 12.9. The highest BCUT2D eigenvalue weighted by atomic mass is 16.5. The fourth-order valence-corrected chi connectivity index (χ4v) is 4.10. The molecule has 0 bridgehead atoms. The second-order valence-corrected chi connectivity index (χ2v) is 8.78. The maximum absolute atomic E-state index is 12.9. The first-order chi connectivity index (χ1) is 18.9. The van der Waals surface area contributed by atoms with Crippen LogP contribution in [0.25, 0.3) is 5.52 Å². The summed E-state index contributed by atoms with van der Waals surface area (Å²) in [7, 11) is 0. The van der Waals surface area contributed by atoms with E-state index in [0.717, 1.165) is 17.0 Å². The number of benzene rings is 3. The number of nitrogens with zero attached hydrogens (tertiary/aromatic N) is 3. The van der Waals surface area contributed by atoms with Crippen LogP contribution in [-0.2, 0) is 4.79 Å². The first kappa shape index (κ1) is 25.0. The minimum absolute atomic E-state index is 0.187. The molecule has 0 radical (unpaired) electrons. The smallest absolute Gasteiger partial charge is 0.255 e. The fraction of sp³-hybridized carbons (Fsp3) is 0.0667. The first-order valence-electron chi connectivity index (χ1n) is 12.1. The molecule has 192 valence electrons. The molecule has 39 heavy (non-hydrogen) atoms. The predicted molar refractivity (Wildman–Crippen MR) is 150 cm³/mol. The first-order valence-corrected chi connectivity index (χ1v) is 12.1. The van der Waals surface area contributed by atoms with Crippen molar-refractivity contribution in [3.63, 3.8) is 0 Å². The van der Waals surface area contributed by atoms with Crippen molar-refractivity contribution in [3.8, 4) is 17.6 Å². The Morgan fingerprint density at radius 1 is 0.897 bits per heavy atom. The summed E-state index contributed by atoms with van der Waals surface area (Å²) in [6.45, 7) is 3.28. The van der Waals surface area contributed by atoms with Crippen LogP contribution in [0.1, 0.15) is 28.4 Å². The standard InChI is InChI=1S/C30H24N6O3/c1-19-27(35-30(38)21-8-10-23(11-9-21)33-20(2)37)18-36-29(19)28(22(16-31)17-32-36)34-24-12-14-26(15-13-24)39-25-6-4-3-5-7-25/h3-15,17-18,34H,1-2H3,(H,33,37)(H,35,38). The van der Waals surface area contributed by atoms with Gasteiger partial charge in [0.25, 0.3) is 5.91 Å². The van der Waals surface area contributed by atoms with Gasteiger partial charge >= 0.3 is 0 Å². The van der Waals surface area contributed by atoms with Crippen LogP contribution in [0, 0.1) is 18.3 Å². The molecule has 0 fully saturated rings. The minimum atomic E-state index is -0.313. The number of hydrogen-bond acceptors (Lipinski definition) is 6. The molecule has 5 rings (SSSR count). The fourth-order valence-electron chi connectivity index (χ4n) is 4.10. The summed E-state index contributed by atoms with van der Waals surface area (Å²) in [5, 5.41) is 23.1. The van der Waals surface area contributed by atoms with Gasteiger partial charge in [-0.15, -0.1) is 0 Å². The molecule has 2 aromatic heterocycles. The Labute approximate surface area is 224 Å². The van der Waals surface area contributed by atoms with Crippen molar-refractivity contribution < 1.29 is 14.3 Å². The average Bonchev–Trinajstić information content (AvgIpc) is 3.25. The summed E-state index contributed by atoms with van der Waals surface area (Å²) in [4.78, 5) is 24.2. The highest BCUT2D eigenvalue weighted by Crippen LogP contribution is 2.33. The van der Waals surface area contributed by atoms with Gasteiger partial charge in [0.2, 0.25) is 5.91 Å². The van der Waals surface area contributed by atoms with E-state index in [4.69, 9.17) is 4.74 Å². The monoisotopic (exact) mass is 516 g/mol. The molecule has 3 N–H and O–H groups in total. The van der Waals surface area contributed by atoms with E-state index in [0.29, 0.717) is 39.5 Å². The number of hydrogen-bond donors (Lipinski definition) is 3. The maximum Gasteiger partial charge on any atom is 0.255 e. The van der Waals surface area contributed by atoms with Gasteiger partial charge < -0.3 is 20.7 Å². The molecular formula is C30H24N6O3. The van der Waals surface area contributed by atoms with Gasteiger partial charge in [0.05, 0.1) is 34.8 Å². The van der Waals surface area contributed by atoms with Crippen LogP contribution in [0.5, 0.6) is 11.5 Å². The van der Waals surface area contributed by atoms with E-state index in [-0.39, 0.29) is 11.8 Å². The number of para-hydroxylation sites is 1. The zero-order valence-corrected chi connectivity index (χ0v) is 21.2. The highest BCUT2D eigenvalue weighted by Gasteiger charge is 2.18. The number of aryl methyl sites for hydroxylation is 1.